The van der Waals surface area contributed by atoms with Crippen molar-refractivity contribution in [1.82, 2.24) is 5.32 Å². The van der Waals surface area contributed by atoms with Gasteiger partial charge in [-0.05, 0) is 44.5 Å². The van der Waals surface area contributed by atoms with Crippen molar-refractivity contribution in [2.45, 2.75) is 38.8 Å². The predicted molar refractivity (Wildman–Crippen MR) is 106 cm³/mol. The molecule has 0 unspecified atom stereocenters. The van der Waals surface area contributed by atoms with Gasteiger partial charge >= 0.3 is 0 Å². The lowest BCUT2D eigenvalue weighted by molar-refractivity contribution is 0.0619. The number of carbonyl (C=O) groups excluding carboxylic acids is 1. The SMILES string of the molecule is Cc1ccc2c(c1)OC(C)(C)C[C@@H]2NC(=O)c1ccccc1NS(C)(=O)=O. The average Bonchev–Trinajstić information content (AvgIpc) is 2.52. The molecular weight excluding hydrogens is 364 g/mol. The second-order valence-electron chi connectivity index (χ2n) is 7.55. The molecule has 7 heteroatoms. The number of nitrogens with one attached hydrogen (secondary N) is 2. The van der Waals surface area contributed by atoms with Crippen molar-refractivity contribution in [3.63, 3.8) is 0 Å². The molecule has 1 amide bonds. The molecule has 6 nitrogen and oxygen atoms in total. The van der Waals surface area contributed by atoms with Crippen LogP contribution in [0.4, 0.5) is 5.69 Å². The molecule has 2 aromatic rings. The molecule has 0 saturated heterocycles. The van der Waals surface area contributed by atoms with Gasteiger partial charge in [-0.3, -0.25) is 9.52 Å². The van der Waals surface area contributed by atoms with Gasteiger partial charge in [-0.2, -0.15) is 0 Å². The molecule has 0 fully saturated rings. The number of carbonyl (C=O) groups is 1. The Balaban J connectivity index is 1.91. The molecule has 0 aliphatic carbocycles. The van der Waals surface area contributed by atoms with Crippen LogP contribution in [0.3, 0.4) is 0 Å². The van der Waals surface area contributed by atoms with Crippen molar-refractivity contribution >= 4 is 21.6 Å². The Kier molecular flexibility index (Phi) is 4.90. The first kappa shape index (κ1) is 19.2. The van der Waals surface area contributed by atoms with Crippen LogP contribution in [-0.4, -0.2) is 26.2 Å². The van der Waals surface area contributed by atoms with Crippen molar-refractivity contribution in [2.24, 2.45) is 0 Å². The number of amides is 1. The third-order valence-electron chi connectivity index (χ3n) is 4.40. The van der Waals surface area contributed by atoms with Gasteiger partial charge in [0.2, 0.25) is 10.0 Å². The highest BCUT2D eigenvalue weighted by atomic mass is 32.2. The lowest BCUT2D eigenvalue weighted by Gasteiger charge is -2.38. The lowest BCUT2D eigenvalue weighted by Crippen LogP contribution is -2.41. The summed E-state index contributed by atoms with van der Waals surface area (Å²) in [6.45, 7) is 5.96. The third kappa shape index (κ3) is 4.60. The van der Waals surface area contributed by atoms with E-state index < -0.39 is 15.6 Å². The van der Waals surface area contributed by atoms with Gasteiger partial charge in [0.25, 0.3) is 5.91 Å². The second kappa shape index (κ2) is 6.88. The van der Waals surface area contributed by atoms with Crippen molar-refractivity contribution in [1.29, 1.82) is 0 Å². The van der Waals surface area contributed by atoms with Gasteiger partial charge in [0.05, 0.1) is 23.5 Å². The summed E-state index contributed by atoms with van der Waals surface area (Å²) in [5.74, 6) is 0.426. The number of para-hydroxylation sites is 1. The van der Waals surface area contributed by atoms with Crippen LogP contribution in [0, 0.1) is 6.92 Å². The summed E-state index contributed by atoms with van der Waals surface area (Å²) in [5.41, 5.74) is 2.11. The first-order chi connectivity index (χ1) is 12.5. The fourth-order valence-electron chi connectivity index (χ4n) is 3.29. The predicted octanol–water partition coefficient (Wildman–Crippen LogP) is 3.40. The maximum absolute atomic E-state index is 12.9. The smallest absolute Gasteiger partial charge is 0.253 e. The molecule has 2 N–H and O–H groups in total. The molecule has 3 rings (SSSR count). The summed E-state index contributed by atoms with van der Waals surface area (Å²) in [6, 6.07) is 12.2. The molecule has 144 valence electrons. The van der Waals surface area contributed by atoms with Gasteiger partial charge in [-0.25, -0.2) is 8.42 Å². The average molecular weight is 388 g/mol. The van der Waals surface area contributed by atoms with E-state index >= 15 is 0 Å². The molecule has 1 atom stereocenters. The molecular formula is C20H24N2O4S. The Bertz CT molecular complexity index is 983. The molecule has 1 heterocycles. The first-order valence-electron chi connectivity index (χ1n) is 8.71. The Hall–Kier alpha value is -2.54. The maximum atomic E-state index is 12.9. The molecule has 2 aromatic carbocycles. The lowest BCUT2D eigenvalue weighted by atomic mass is 9.89. The molecule has 0 radical (unpaired) electrons. The van der Waals surface area contributed by atoms with E-state index in [-0.39, 0.29) is 23.2 Å². The van der Waals surface area contributed by atoms with Crippen LogP contribution < -0.4 is 14.8 Å². The number of rotatable bonds is 4. The van der Waals surface area contributed by atoms with Gasteiger partial charge in [0, 0.05) is 12.0 Å². The minimum atomic E-state index is -3.49. The summed E-state index contributed by atoms with van der Waals surface area (Å²) in [4.78, 5) is 12.9. The Labute approximate surface area is 160 Å². The van der Waals surface area contributed by atoms with Crippen LogP contribution in [0.1, 0.15) is 47.8 Å². The topological polar surface area (TPSA) is 84.5 Å². The van der Waals surface area contributed by atoms with Crippen molar-refractivity contribution < 1.29 is 17.9 Å². The number of benzene rings is 2. The normalized spacial score (nSPS) is 18.1. The largest absolute Gasteiger partial charge is 0.487 e. The van der Waals surface area contributed by atoms with Gasteiger partial charge in [-0.1, -0.05) is 24.3 Å². The number of hydrogen-bond acceptors (Lipinski definition) is 4. The van der Waals surface area contributed by atoms with E-state index in [1.807, 2.05) is 39.0 Å². The molecule has 1 aliphatic rings. The maximum Gasteiger partial charge on any atom is 0.253 e. The van der Waals surface area contributed by atoms with E-state index in [1.165, 1.54) is 0 Å². The van der Waals surface area contributed by atoms with Crippen LogP contribution in [0.15, 0.2) is 42.5 Å². The summed E-state index contributed by atoms with van der Waals surface area (Å²) >= 11 is 0. The van der Waals surface area contributed by atoms with E-state index in [4.69, 9.17) is 4.74 Å². The number of anilines is 1. The summed E-state index contributed by atoms with van der Waals surface area (Å²) in [6.07, 6.45) is 1.66. The minimum absolute atomic E-state index is 0.233. The highest BCUT2D eigenvalue weighted by Crippen LogP contribution is 2.40. The summed E-state index contributed by atoms with van der Waals surface area (Å²) in [5, 5.41) is 3.04. The molecule has 0 bridgehead atoms. The third-order valence-corrected chi connectivity index (χ3v) is 4.99. The van der Waals surface area contributed by atoms with E-state index in [1.54, 1.807) is 24.3 Å². The monoisotopic (exact) mass is 388 g/mol. The summed E-state index contributed by atoms with van der Waals surface area (Å²) < 4.78 is 31.6. The number of aryl methyl sites for hydroxylation is 1. The van der Waals surface area contributed by atoms with Crippen molar-refractivity contribution in [3.8, 4) is 5.75 Å². The number of fused-ring (bicyclic) bond motifs is 1. The first-order valence-corrected chi connectivity index (χ1v) is 10.6. The zero-order valence-corrected chi connectivity index (χ0v) is 16.7. The quantitative estimate of drug-likeness (QED) is 0.841. The summed E-state index contributed by atoms with van der Waals surface area (Å²) in [7, 11) is -3.49. The molecule has 0 aromatic heterocycles. The van der Waals surface area contributed by atoms with E-state index in [0.717, 1.165) is 23.1 Å². The Morgan fingerprint density at radius 2 is 1.89 bits per heavy atom. The van der Waals surface area contributed by atoms with Gasteiger partial charge in [0.15, 0.2) is 0 Å². The van der Waals surface area contributed by atoms with Crippen LogP contribution in [0.2, 0.25) is 0 Å². The number of hydrogen-bond donors (Lipinski definition) is 2. The fraction of sp³-hybridized carbons (Fsp3) is 0.350. The zero-order chi connectivity index (χ0) is 19.8. The van der Waals surface area contributed by atoms with Crippen LogP contribution in [-0.2, 0) is 10.0 Å². The molecule has 1 aliphatic heterocycles. The molecule has 27 heavy (non-hydrogen) atoms. The van der Waals surface area contributed by atoms with E-state index in [0.29, 0.717) is 6.42 Å². The van der Waals surface area contributed by atoms with Crippen molar-refractivity contribution in [2.75, 3.05) is 11.0 Å². The Morgan fingerprint density at radius 1 is 1.19 bits per heavy atom. The molecule has 0 spiro atoms. The number of sulfonamides is 1. The second-order valence-corrected chi connectivity index (χ2v) is 9.30. The van der Waals surface area contributed by atoms with Crippen molar-refractivity contribution in [3.05, 3.63) is 59.2 Å². The van der Waals surface area contributed by atoms with Gasteiger partial charge < -0.3 is 10.1 Å². The van der Waals surface area contributed by atoms with E-state index in [2.05, 4.69) is 10.0 Å². The molecule has 0 saturated carbocycles. The van der Waals surface area contributed by atoms with Crippen LogP contribution >= 0.6 is 0 Å². The zero-order valence-electron chi connectivity index (χ0n) is 15.9. The fourth-order valence-corrected chi connectivity index (χ4v) is 3.87. The van der Waals surface area contributed by atoms with Crippen LogP contribution in [0.5, 0.6) is 5.75 Å². The van der Waals surface area contributed by atoms with E-state index in [9.17, 15) is 13.2 Å². The van der Waals surface area contributed by atoms with Crippen LogP contribution in [0.25, 0.3) is 0 Å². The van der Waals surface area contributed by atoms with Gasteiger partial charge in [-0.15, -0.1) is 0 Å². The Morgan fingerprint density at radius 3 is 2.59 bits per heavy atom. The highest BCUT2D eigenvalue weighted by Gasteiger charge is 2.35. The number of ether oxygens (including phenoxy) is 1. The van der Waals surface area contributed by atoms with Gasteiger partial charge in [0.1, 0.15) is 11.4 Å². The minimum Gasteiger partial charge on any atom is -0.487 e. The highest BCUT2D eigenvalue weighted by molar-refractivity contribution is 7.92. The standard InChI is InChI=1S/C20H24N2O4S/c1-13-9-10-14-17(12-20(2,3)26-18(14)11-13)21-19(23)15-7-5-6-8-16(15)22-27(4,24)25/h5-11,17,22H,12H2,1-4H3,(H,21,23)/t17-/m0/s1.